The standard InChI is InChI=1S/C13H12N4O3/c14-10-6-16-11(5-9(10)13(19)20)17-8-3-1-7(2-4-8)12(15)18/h1-6H,14H2,(H2,15,18)(H,16,17)(H,19,20). The van der Waals surface area contributed by atoms with Crippen molar-refractivity contribution in [2.75, 3.05) is 11.1 Å². The number of aromatic carboxylic acids is 1. The Morgan fingerprint density at radius 1 is 1.20 bits per heavy atom. The number of anilines is 3. The zero-order valence-corrected chi connectivity index (χ0v) is 10.3. The SMILES string of the molecule is NC(=O)c1ccc(Nc2cc(C(=O)O)c(N)cn2)cc1. The number of carbonyl (C=O) groups excluding carboxylic acids is 1. The summed E-state index contributed by atoms with van der Waals surface area (Å²) in [5, 5.41) is 11.9. The van der Waals surface area contributed by atoms with Crippen molar-refractivity contribution < 1.29 is 14.7 Å². The van der Waals surface area contributed by atoms with Crippen LogP contribution in [0.25, 0.3) is 0 Å². The van der Waals surface area contributed by atoms with Crippen molar-refractivity contribution in [3.05, 3.63) is 47.7 Å². The number of hydrogen-bond acceptors (Lipinski definition) is 5. The summed E-state index contributed by atoms with van der Waals surface area (Å²) in [5.41, 5.74) is 11.7. The average Bonchev–Trinajstić information content (AvgIpc) is 2.41. The van der Waals surface area contributed by atoms with Gasteiger partial charge >= 0.3 is 5.97 Å². The Balaban J connectivity index is 2.23. The zero-order chi connectivity index (χ0) is 14.7. The van der Waals surface area contributed by atoms with Crippen LogP contribution in [0.15, 0.2) is 36.5 Å². The van der Waals surface area contributed by atoms with E-state index in [0.717, 1.165) is 0 Å². The summed E-state index contributed by atoms with van der Waals surface area (Å²) in [6.45, 7) is 0. The lowest BCUT2D eigenvalue weighted by Gasteiger charge is -2.08. The number of amides is 1. The summed E-state index contributed by atoms with van der Waals surface area (Å²) in [7, 11) is 0. The van der Waals surface area contributed by atoms with Gasteiger partial charge < -0.3 is 21.9 Å². The Kier molecular flexibility index (Phi) is 3.52. The van der Waals surface area contributed by atoms with Gasteiger partial charge in [0.15, 0.2) is 0 Å². The molecule has 2 rings (SSSR count). The van der Waals surface area contributed by atoms with Crippen LogP contribution < -0.4 is 16.8 Å². The van der Waals surface area contributed by atoms with E-state index < -0.39 is 11.9 Å². The van der Waals surface area contributed by atoms with Crippen LogP contribution in [0.4, 0.5) is 17.2 Å². The minimum atomic E-state index is -1.13. The van der Waals surface area contributed by atoms with Gasteiger partial charge in [-0.25, -0.2) is 9.78 Å². The Morgan fingerprint density at radius 3 is 2.40 bits per heavy atom. The maximum atomic E-state index is 11.0. The highest BCUT2D eigenvalue weighted by molar-refractivity contribution is 5.94. The van der Waals surface area contributed by atoms with Gasteiger partial charge in [-0.1, -0.05) is 0 Å². The van der Waals surface area contributed by atoms with Crippen LogP contribution in [-0.4, -0.2) is 22.0 Å². The monoisotopic (exact) mass is 272 g/mol. The van der Waals surface area contributed by atoms with Crippen molar-refractivity contribution in [2.24, 2.45) is 5.73 Å². The van der Waals surface area contributed by atoms with Gasteiger partial charge in [-0.3, -0.25) is 4.79 Å². The first kappa shape index (κ1) is 13.3. The number of nitrogen functional groups attached to an aromatic ring is 1. The number of primary amides is 1. The van der Waals surface area contributed by atoms with Crippen molar-refractivity contribution in [3.63, 3.8) is 0 Å². The fraction of sp³-hybridized carbons (Fsp3) is 0. The van der Waals surface area contributed by atoms with E-state index >= 15 is 0 Å². The molecule has 0 aliphatic carbocycles. The second-order valence-corrected chi connectivity index (χ2v) is 4.03. The second-order valence-electron chi connectivity index (χ2n) is 4.03. The Hall–Kier alpha value is -3.09. The molecule has 1 aromatic heterocycles. The first-order valence-corrected chi connectivity index (χ1v) is 5.63. The minimum absolute atomic E-state index is 0.0312. The van der Waals surface area contributed by atoms with E-state index in [1.165, 1.54) is 12.3 Å². The van der Waals surface area contributed by atoms with Crippen LogP contribution in [0.1, 0.15) is 20.7 Å². The molecule has 20 heavy (non-hydrogen) atoms. The molecule has 1 aromatic carbocycles. The highest BCUT2D eigenvalue weighted by Gasteiger charge is 2.09. The molecule has 0 radical (unpaired) electrons. The summed E-state index contributed by atoms with van der Waals surface area (Å²) in [6, 6.07) is 7.72. The van der Waals surface area contributed by atoms with E-state index in [1.54, 1.807) is 24.3 Å². The van der Waals surface area contributed by atoms with E-state index in [-0.39, 0.29) is 11.3 Å². The van der Waals surface area contributed by atoms with Crippen molar-refractivity contribution in [1.82, 2.24) is 4.98 Å². The van der Waals surface area contributed by atoms with Crippen LogP contribution in [0.5, 0.6) is 0 Å². The predicted octanol–water partition coefficient (Wildman–Crippen LogP) is 1.20. The van der Waals surface area contributed by atoms with Gasteiger partial charge in [0.05, 0.1) is 17.4 Å². The van der Waals surface area contributed by atoms with Gasteiger partial charge in [-0.15, -0.1) is 0 Å². The number of rotatable bonds is 4. The number of carboxylic acid groups (broad SMARTS) is 1. The molecular weight excluding hydrogens is 260 g/mol. The quantitative estimate of drug-likeness (QED) is 0.661. The molecule has 1 amide bonds. The zero-order valence-electron chi connectivity index (χ0n) is 10.3. The second kappa shape index (κ2) is 5.27. The number of nitrogens with two attached hydrogens (primary N) is 2. The first-order chi connectivity index (χ1) is 9.47. The van der Waals surface area contributed by atoms with Crippen molar-refractivity contribution in [3.8, 4) is 0 Å². The van der Waals surface area contributed by atoms with Gasteiger partial charge in [0, 0.05) is 11.3 Å². The molecule has 2 aromatic rings. The lowest BCUT2D eigenvalue weighted by molar-refractivity contribution is 0.0697. The molecule has 0 spiro atoms. The molecule has 0 aliphatic heterocycles. The molecule has 0 bridgehead atoms. The number of carbonyl (C=O) groups is 2. The molecule has 0 saturated heterocycles. The van der Waals surface area contributed by atoms with Crippen molar-refractivity contribution in [1.29, 1.82) is 0 Å². The number of carboxylic acids is 1. The predicted molar refractivity (Wildman–Crippen MR) is 73.9 cm³/mol. The third kappa shape index (κ3) is 2.83. The number of aromatic nitrogens is 1. The molecule has 0 fully saturated rings. The van der Waals surface area contributed by atoms with Gasteiger partial charge in [0.1, 0.15) is 5.82 Å². The van der Waals surface area contributed by atoms with Gasteiger partial charge in [-0.05, 0) is 30.3 Å². The fourth-order valence-corrected chi connectivity index (χ4v) is 1.59. The molecule has 0 saturated carbocycles. The minimum Gasteiger partial charge on any atom is -0.478 e. The molecule has 1 heterocycles. The summed E-state index contributed by atoms with van der Waals surface area (Å²) in [4.78, 5) is 25.9. The molecule has 0 unspecified atom stereocenters. The van der Waals surface area contributed by atoms with Gasteiger partial charge in [0.2, 0.25) is 5.91 Å². The third-order valence-electron chi connectivity index (χ3n) is 2.61. The normalized spacial score (nSPS) is 10.0. The number of benzene rings is 1. The van der Waals surface area contributed by atoms with Crippen LogP contribution in [0.2, 0.25) is 0 Å². The Bertz CT molecular complexity index is 668. The Morgan fingerprint density at radius 2 is 1.85 bits per heavy atom. The highest BCUT2D eigenvalue weighted by Crippen LogP contribution is 2.19. The molecule has 102 valence electrons. The summed E-state index contributed by atoms with van der Waals surface area (Å²) in [5.74, 6) is -1.31. The maximum Gasteiger partial charge on any atom is 0.337 e. The lowest BCUT2D eigenvalue weighted by Crippen LogP contribution is -2.10. The van der Waals surface area contributed by atoms with E-state index in [2.05, 4.69) is 10.3 Å². The number of nitrogens with zero attached hydrogens (tertiary/aromatic N) is 1. The first-order valence-electron chi connectivity index (χ1n) is 5.63. The highest BCUT2D eigenvalue weighted by atomic mass is 16.4. The summed E-state index contributed by atoms with van der Waals surface area (Å²) in [6.07, 6.45) is 1.27. The van der Waals surface area contributed by atoms with Crippen molar-refractivity contribution >= 4 is 29.1 Å². The summed E-state index contributed by atoms with van der Waals surface area (Å²) >= 11 is 0. The average molecular weight is 272 g/mol. The Labute approximate surface area is 114 Å². The number of nitrogens with one attached hydrogen (secondary N) is 1. The van der Waals surface area contributed by atoms with Crippen LogP contribution >= 0.6 is 0 Å². The fourth-order valence-electron chi connectivity index (χ4n) is 1.59. The van der Waals surface area contributed by atoms with Gasteiger partial charge in [0.25, 0.3) is 0 Å². The number of hydrogen-bond donors (Lipinski definition) is 4. The molecule has 0 atom stereocenters. The molecule has 0 aliphatic rings. The molecular formula is C13H12N4O3. The maximum absolute atomic E-state index is 11.0. The van der Waals surface area contributed by atoms with Crippen molar-refractivity contribution in [2.45, 2.75) is 0 Å². The van der Waals surface area contributed by atoms with Crippen LogP contribution in [-0.2, 0) is 0 Å². The lowest BCUT2D eigenvalue weighted by atomic mass is 10.2. The van der Waals surface area contributed by atoms with Crippen LogP contribution in [0, 0.1) is 0 Å². The smallest absolute Gasteiger partial charge is 0.337 e. The topological polar surface area (TPSA) is 131 Å². The molecule has 7 nitrogen and oxygen atoms in total. The van der Waals surface area contributed by atoms with E-state index in [4.69, 9.17) is 16.6 Å². The molecule has 7 heteroatoms. The van der Waals surface area contributed by atoms with E-state index in [1.807, 2.05) is 0 Å². The largest absolute Gasteiger partial charge is 0.478 e. The molecule has 6 N–H and O–H groups in total. The van der Waals surface area contributed by atoms with Crippen LogP contribution in [0.3, 0.4) is 0 Å². The van der Waals surface area contributed by atoms with Gasteiger partial charge in [-0.2, -0.15) is 0 Å². The summed E-state index contributed by atoms with van der Waals surface area (Å²) < 4.78 is 0. The van der Waals surface area contributed by atoms with E-state index in [0.29, 0.717) is 17.1 Å². The van der Waals surface area contributed by atoms with E-state index in [9.17, 15) is 9.59 Å². The number of pyridine rings is 1. The third-order valence-corrected chi connectivity index (χ3v) is 2.61.